The number of furan rings is 1. The fraction of sp³-hybridized carbons (Fsp3) is 0.174. The summed E-state index contributed by atoms with van der Waals surface area (Å²) < 4.78 is 5.83. The summed E-state index contributed by atoms with van der Waals surface area (Å²) >= 11 is 0. The number of carbonyl (C=O) groups excluding carboxylic acids is 2. The van der Waals surface area contributed by atoms with Crippen molar-refractivity contribution in [1.29, 1.82) is 0 Å². The number of para-hydroxylation sites is 1. The van der Waals surface area contributed by atoms with Crippen molar-refractivity contribution in [2.24, 2.45) is 5.10 Å². The first-order valence-electron chi connectivity index (χ1n) is 10.3. The van der Waals surface area contributed by atoms with Crippen LogP contribution in [0.3, 0.4) is 0 Å². The highest BCUT2D eigenvalue weighted by Crippen LogP contribution is 2.30. The molecule has 0 atom stereocenters. The van der Waals surface area contributed by atoms with Gasteiger partial charge in [-0.3, -0.25) is 30.6 Å². The van der Waals surface area contributed by atoms with Gasteiger partial charge < -0.3 is 4.42 Å². The molecule has 2 amide bonds. The average molecular weight is 447 g/mol. The smallest absolute Gasteiger partial charge is 0.305 e. The van der Waals surface area contributed by atoms with Crippen molar-refractivity contribution in [3.63, 3.8) is 0 Å². The van der Waals surface area contributed by atoms with Crippen molar-refractivity contribution in [1.82, 2.24) is 10.9 Å². The number of non-ortho nitro benzene ring substituents is 1. The van der Waals surface area contributed by atoms with Gasteiger partial charge in [-0.1, -0.05) is 24.3 Å². The van der Waals surface area contributed by atoms with E-state index in [9.17, 15) is 19.7 Å². The number of rotatable bonds is 6. The van der Waals surface area contributed by atoms with Gasteiger partial charge in [0.1, 0.15) is 5.76 Å². The van der Waals surface area contributed by atoms with Gasteiger partial charge >= 0.3 is 5.91 Å². The summed E-state index contributed by atoms with van der Waals surface area (Å²) in [4.78, 5) is 35.5. The minimum absolute atomic E-state index is 0.126. The number of hydrazine groups is 1. The molecule has 0 aliphatic heterocycles. The molecular weight excluding hydrogens is 426 g/mol. The van der Waals surface area contributed by atoms with Gasteiger partial charge in [0.25, 0.3) is 11.6 Å². The molecule has 2 aromatic carbocycles. The molecule has 1 heterocycles. The number of hydrazone groups is 1. The van der Waals surface area contributed by atoms with Crippen LogP contribution < -0.4 is 16.3 Å². The van der Waals surface area contributed by atoms with E-state index >= 15 is 0 Å². The number of benzene rings is 2. The van der Waals surface area contributed by atoms with E-state index in [4.69, 9.17) is 4.42 Å². The lowest BCUT2D eigenvalue weighted by Gasteiger charge is -2.13. The van der Waals surface area contributed by atoms with Crippen molar-refractivity contribution < 1.29 is 18.9 Å². The van der Waals surface area contributed by atoms with Crippen molar-refractivity contribution in [3.05, 3.63) is 92.9 Å². The SMILES string of the molecule is Cc1c(C(=O)NNc2ccccc2)oc2c1/C(=N/NC(=O)c1cccc([N+](=O)[O-])c1)CCC2. The fourth-order valence-corrected chi connectivity index (χ4v) is 3.65. The Bertz CT molecular complexity index is 1250. The molecule has 0 bridgehead atoms. The van der Waals surface area contributed by atoms with Crippen LogP contribution in [0.4, 0.5) is 11.4 Å². The van der Waals surface area contributed by atoms with Crippen LogP contribution in [0, 0.1) is 17.0 Å². The van der Waals surface area contributed by atoms with Gasteiger partial charge in [0.15, 0.2) is 5.76 Å². The molecule has 0 saturated heterocycles. The summed E-state index contributed by atoms with van der Waals surface area (Å²) in [5.41, 5.74) is 10.5. The molecule has 168 valence electrons. The van der Waals surface area contributed by atoms with Gasteiger partial charge in [-0.15, -0.1) is 0 Å². The molecule has 3 aromatic rings. The largest absolute Gasteiger partial charge is 0.455 e. The molecule has 10 nitrogen and oxygen atoms in total. The van der Waals surface area contributed by atoms with Crippen LogP contribution in [-0.4, -0.2) is 22.4 Å². The van der Waals surface area contributed by atoms with E-state index in [1.165, 1.54) is 24.3 Å². The Morgan fingerprint density at radius 1 is 1.06 bits per heavy atom. The van der Waals surface area contributed by atoms with E-state index < -0.39 is 16.7 Å². The molecule has 3 N–H and O–H groups in total. The quantitative estimate of drug-likeness (QED) is 0.389. The number of aryl methyl sites for hydroxylation is 1. The Kier molecular flexibility index (Phi) is 6.16. The Morgan fingerprint density at radius 3 is 2.61 bits per heavy atom. The van der Waals surface area contributed by atoms with E-state index in [1.807, 2.05) is 30.3 Å². The molecule has 1 aliphatic carbocycles. The maximum atomic E-state index is 12.7. The van der Waals surface area contributed by atoms with Crippen LogP contribution >= 0.6 is 0 Å². The Balaban J connectivity index is 1.51. The van der Waals surface area contributed by atoms with Crippen molar-refractivity contribution in [2.75, 3.05) is 5.43 Å². The van der Waals surface area contributed by atoms with Crippen LogP contribution in [-0.2, 0) is 6.42 Å². The highest BCUT2D eigenvalue weighted by Gasteiger charge is 2.28. The number of nitrogens with zero attached hydrogens (tertiary/aromatic N) is 2. The summed E-state index contributed by atoms with van der Waals surface area (Å²) in [6.07, 6.45) is 1.98. The average Bonchev–Trinajstić information content (AvgIpc) is 3.18. The van der Waals surface area contributed by atoms with E-state index in [2.05, 4.69) is 21.4 Å². The van der Waals surface area contributed by atoms with E-state index in [0.717, 1.165) is 12.1 Å². The topological polar surface area (TPSA) is 139 Å². The molecule has 33 heavy (non-hydrogen) atoms. The zero-order chi connectivity index (χ0) is 23.4. The number of hydrogen-bond acceptors (Lipinski definition) is 7. The Morgan fingerprint density at radius 2 is 1.85 bits per heavy atom. The second kappa shape index (κ2) is 9.35. The second-order valence-corrected chi connectivity index (χ2v) is 7.46. The minimum atomic E-state index is -0.565. The molecule has 4 rings (SSSR count). The van der Waals surface area contributed by atoms with Crippen LogP contribution in [0.25, 0.3) is 0 Å². The lowest BCUT2D eigenvalue weighted by molar-refractivity contribution is -0.384. The summed E-state index contributed by atoms with van der Waals surface area (Å²) in [5, 5.41) is 15.2. The Hall–Kier alpha value is -4.47. The molecular formula is C23H21N5O5. The van der Waals surface area contributed by atoms with Crippen LogP contribution in [0.2, 0.25) is 0 Å². The fourth-order valence-electron chi connectivity index (χ4n) is 3.65. The third-order valence-corrected chi connectivity index (χ3v) is 5.24. The van der Waals surface area contributed by atoms with Crippen LogP contribution in [0.5, 0.6) is 0 Å². The maximum absolute atomic E-state index is 12.7. The number of nitrogens with one attached hydrogen (secondary N) is 3. The molecule has 1 aliphatic rings. The normalized spacial score (nSPS) is 13.8. The number of carbonyl (C=O) groups is 2. The second-order valence-electron chi connectivity index (χ2n) is 7.46. The van der Waals surface area contributed by atoms with Gasteiger partial charge in [-0.05, 0) is 38.0 Å². The highest BCUT2D eigenvalue weighted by atomic mass is 16.6. The van der Waals surface area contributed by atoms with Gasteiger partial charge in [-0.25, -0.2) is 5.43 Å². The lowest BCUT2D eigenvalue weighted by atomic mass is 9.93. The first-order valence-corrected chi connectivity index (χ1v) is 10.3. The third kappa shape index (κ3) is 4.74. The number of fused-ring (bicyclic) bond motifs is 1. The molecule has 10 heteroatoms. The molecule has 1 aromatic heterocycles. The summed E-state index contributed by atoms with van der Waals surface area (Å²) in [7, 11) is 0. The minimum Gasteiger partial charge on any atom is -0.455 e. The van der Waals surface area contributed by atoms with E-state index in [1.54, 1.807) is 6.92 Å². The number of nitro benzene ring substituents is 1. The lowest BCUT2D eigenvalue weighted by Crippen LogP contribution is -2.29. The number of nitro groups is 1. The first kappa shape index (κ1) is 21.8. The van der Waals surface area contributed by atoms with Crippen molar-refractivity contribution >= 4 is 28.9 Å². The number of anilines is 1. The Labute approximate surface area is 188 Å². The van der Waals surface area contributed by atoms with Gasteiger partial charge in [0.05, 0.1) is 16.3 Å². The molecule has 0 radical (unpaired) electrons. The molecule has 0 saturated carbocycles. The van der Waals surface area contributed by atoms with Crippen molar-refractivity contribution in [2.45, 2.75) is 26.2 Å². The zero-order valence-corrected chi connectivity index (χ0v) is 17.8. The predicted octanol–water partition coefficient (Wildman–Crippen LogP) is 3.72. The third-order valence-electron chi connectivity index (χ3n) is 5.24. The summed E-state index contributed by atoms with van der Waals surface area (Å²) in [6.45, 7) is 1.77. The standard InChI is InChI=1S/C23H21N5O5/c1-14-20-18(25-26-22(29)15-7-5-10-17(13-15)28(31)32)11-6-12-19(20)33-21(14)23(30)27-24-16-8-3-2-4-9-16/h2-5,7-10,13,24H,6,11-12H2,1H3,(H,26,29)(H,27,30)/b25-18+. The monoisotopic (exact) mass is 447 g/mol. The zero-order valence-electron chi connectivity index (χ0n) is 17.8. The molecule has 0 unspecified atom stereocenters. The first-order chi connectivity index (χ1) is 15.9. The van der Waals surface area contributed by atoms with Crippen LogP contribution in [0.1, 0.15) is 50.6 Å². The molecule has 0 spiro atoms. The summed E-state index contributed by atoms with van der Waals surface area (Å²) in [5.74, 6) is -0.190. The van der Waals surface area contributed by atoms with Gasteiger partial charge in [-0.2, -0.15) is 5.10 Å². The van der Waals surface area contributed by atoms with Crippen molar-refractivity contribution in [3.8, 4) is 0 Å². The van der Waals surface area contributed by atoms with Gasteiger partial charge in [0.2, 0.25) is 0 Å². The summed E-state index contributed by atoms with van der Waals surface area (Å²) in [6, 6.07) is 14.6. The van der Waals surface area contributed by atoms with Gasteiger partial charge in [0, 0.05) is 35.2 Å². The highest BCUT2D eigenvalue weighted by molar-refractivity contribution is 6.07. The number of amides is 2. The number of hydrogen-bond donors (Lipinski definition) is 3. The molecule has 0 fully saturated rings. The predicted molar refractivity (Wildman–Crippen MR) is 121 cm³/mol. The van der Waals surface area contributed by atoms with E-state index in [-0.39, 0.29) is 17.0 Å². The van der Waals surface area contributed by atoms with Crippen LogP contribution in [0.15, 0.2) is 64.1 Å². The van der Waals surface area contributed by atoms with E-state index in [0.29, 0.717) is 35.4 Å². The maximum Gasteiger partial charge on any atom is 0.305 e.